The molecule has 0 aliphatic heterocycles. The van der Waals surface area contributed by atoms with Crippen molar-refractivity contribution in [3.05, 3.63) is 199 Å². The molecule has 0 aliphatic rings. The summed E-state index contributed by atoms with van der Waals surface area (Å²) >= 11 is 0. The van der Waals surface area contributed by atoms with Crippen LogP contribution in [0, 0.1) is 35.7 Å². The molecule has 0 radical (unpaired) electrons. The van der Waals surface area contributed by atoms with Crippen molar-refractivity contribution in [2.45, 2.75) is 67.7 Å². The van der Waals surface area contributed by atoms with Gasteiger partial charge >= 0.3 is 0 Å². The van der Waals surface area contributed by atoms with Crippen LogP contribution >= 0.6 is 0 Å². The smallest absolute Gasteiger partial charge is 0.268 e. The SMILES string of the molecule is [2H]C([2H])(c1ccnc(-n2c3[c-]c(Oc4[c-]c(-n5[c-][n+](-c6c(-c7cccc(CC(C)C)c7)cccc6-c6cccc(CC(C)C)c6)c6ccccc65)ccc4)ccc3c3ccccc32)c1)C(C)(C)C.[Pt]. The second kappa shape index (κ2) is 19.0. The van der Waals surface area contributed by atoms with Crippen molar-refractivity contribution in [3.8, 4) is 50.9 Å². The van der Waals surface area contributed by atoms with Gasteiger partial charge in [-0.25, -0.2) is 4.98 Å². The van der Waals surface area contributed by atoms with Crippen LogP contribution in [0.1, 0.15) is 67.9 Å². The second-order valence-electron chi connectivity index (χ2n) is 19.3. The molecule has 3 heterocycles. The summed E-state index contributed by atoms with van der Waals surface area (Å²) in [4.78, 5) is 4.78. The summed E-state index contributed by atoms with van der Waals surface area (Å²) in [6.45, 7) is 14.8. The van der Waals surface area contributed by atoms with Crippen LogP contribution in [0.5, 0.6) is 11.5 Å². The predicted molar refractivity (Wildman–Crippen MR) is 271 cm³/mol. The number of ether oxygens (including phenoxy) is 1. The van der Waals surface area contributed by atoms with Crippen molar-refractivity contribution in [3.63, 3.8) is 0 Å². The molecule has 0 unspecified atom stereocenters. The maximum atomic E-state index is 9.03. The molecule has 0 saturated heterocycles. The average Bonchev–Trinajstić information content (AvgIpc) is 3.87. The first-order valence-electron chi connectivity index (χ1n) is 24.1. The Kier molecular flexibility index (Phi) is 12.2. The van der Waals surface area contributed by atoms with Crippen molar-refractivity contribution in [1.82, 2.24) is 14.1 Å². The van der Waals surface area contributed by atoms with Crippen LogP contribution in [0.15, 0.2) is 164 Å². The third kappa shape index (κ3) is 9.53. The zero-order valence-electron chi connectivity index (χ0n) is 41.2. The van der Waals surface area contributed by atoms with Crippen LogP contribution in [0.3, 0.4) is 0 Å². The van der Waals surface area contributed by atoms with Crippen molar-refractivity contribution in [2.75, 3.05) is 0 Å². The number of nitrogens with zero attached hydrogens (tertiary/aromatic N) is 4. The molecule has 0 saturated carbocycles. The van der Waals surface area contributed by atoms with Crippen LogP contribution in [0.25, 0.3) is 72.3 Å². The number of rotatable bonds is 12. The second-order valence-corrected chi connectivity index (χ2v) is 19.3. The summed E-state index contributed by atoms with van der Waals surface area (Å²) in [5, 5.41) is 2.04. The summed E-state index contributed by atoms with van der Waals surface area (Å²) in [6.07, 6.45) is 5.93. The Balaban J connectivity index is 0.00000593. The molecule has 7 aromatic carbocycles. The number of imidazole rings is 1. The molecule has 67 heavy (non-hydrogen) atoms. The van der Waals surface area contributed by atoms with Gasteiger partial charge in [0.25, 0.3) is 6.33 Å². The van der Waals surface area contributed by atoms with E-state index in [1.54, 1.807) is 12.3 Å². The number of aromatic nitrogens is 4. The summed E-state index contributed by atoms with van der Waals surface area (Å²) < 4.78 is 31.1. The Morgan fingerprint density at radius 3 is 1.94 bits per heavy atom. The molecular formula is C61H56N4OPt-2. The number of fused-ring (bicyclic) bond motifs is 4. The van der Waals surface area contributed by atoms with Gasteiger partial charge in [0.15, 0.2) is 0 Å². The topological polar surface area (TPSA) is 35.9 Å². The quantitative estimate of drug-likeness (QED) is 0.0903. The van der Waals surface area contributed by atoms with Crippen molar-refractivity contribution in [1.29, 1.82) is 0 Å². The molecule has 10 aromatic rings. The van der Waals surface area contributed by atoms with Crippen LogP contribution in [0.4, 0.5) is 0 Å². The minimum absolute atomic E-state index is 0. The van der Waals surface area contributed by atoms with E-state index in [0.717, 1.165) is 68.2 Å². The molecule has 0 spiro atoms. The number of pyridine rings is 1. The van der Waals surface area contributed by atoms with Gasteiger partial charge < -0.3 is 13.9 Å². The Labute approximate surface area is 412 Å². The van der Waals surface area contributed by atoms with Crippen molar-refractivity contribution in [2.24, 2.45) is 17.3 Å². The van der Waals surface area contributed by atoms with E-state index in [2.05, 4.69) is 164 Å². The molecular weight excluding hydrogens is 1000 g/mol. The van der Waals surface area contributed by atoms with Gasteiger partial charge in [0, 0.05) is 47.0 Å². The summed E-state index contributed by atoms with van der Waals surface area (Å²) in [7, 11) is 0. The molecule has 338 valence electrons. The van der Waals surface area contributed by atoms with E-state index in [0.29, 0.717) is 34.7 Å². The molecule has 6 heteroatoms. The van der Waals surface area contributed by atoms with E-state index in [-0.39, 0.29) is 21.1 Å². The van der Waals surface area contributed by atoms with Crippen LogP contribution in [0.2, 0.25) is 0 Å². The largest absolute Gasteiger partial charge is 0.510 e. The van der Waals surface area contributed by atoms with Gasteiger partial charge in [-0.15, -0.1) is 29.7 Å². The number of para-hydroxylation sites is 4. The Hall–Kier alpha value is -6.55. The first-order chi connectivity index (χ1) is 32.7. The van der Waals surface area contributed by atoms with Crippen molar-refractivity contribution < 1.29 is 33.1 Å². The fourth-order valence-corrected chi connectivity index (χ4v) is 9.30. The van der Waals surface area contributed by atoms with Gasteiger partial charge in [0.2, 0.25) is 0 Å². The predicted octanol–water partition coefficient (Wildman–Crippen LogP) is 14.9. The van der Waals surface area contributed by atoms with Crippen LogP contribution in [-0.4, -0.2) is 14.1 Å². The molecule has 0 fully saturated rings. The average molecular weight is 1060 g/mol. The van der Waals surface area contributed by atoms with Gasteiger partial charge in [0.1, 0.15) is 5.82 Å². The summed E-state index contributed by atoms with van der Waals surface area (Å²) in [5.74, 6) is 2.74. The van der Waals surface area contributed by atoms with Gasteiger partial charge in [-0.3, -0.25) is 4.57 Å². The van der Waals surface area contributed by atoms with Crippen molar-refractivity contribution >= 4 is 32.8 Å². The Morgan fingerprint density at radius 1 is 0.627 bits per heavy atom. The summed E-state index contributed by atoms with van der Waals surface area (Å²) in [5.41, 5.74) is 12.7. The van der Waals surface area contributed by atoms with E-state index < -0.39 is 11.8 Å². The van der Waals surface area contributed by atoms with E-state index >= 15 is 0 Å². The Bertz CT molecular complexity index is 3420. The number of benzene rings is 7. The molecule has 3 aromatic heterocycles. The zero-order valence-corrected chi connectivity index (χ0v) is 41.4. The van der Waals surface area contributed by atoms with E-state index in [9.17, 15) is 0 Å². The van der Waals surface area contributed by atoms with E-state index in [1.807, 2.05) is 67.8 Å². The van der Waals surface area contributed by atoms with Crippen LogP contribution < -0.4 is 9.30 Å². The zero-order chi connectivity index (χ0) is 47.3. The monoisotopic (exact) mass is 1060 g/mol. The van der Waals surface area contributed by atoms with Gasteiger partial charge in [-0.1, -0.05) is 163 Å². The molecule has 10 rings (SSSR count). The first-order valence-corrected chi connectivity index (χ1v) is 23.1. The Morgan fingerprint density at radius 2 is 1.25 bits per heavy atom. The maximum Gasteiger partial charge on any atom is 0.268 e. The minimum atomic E-state index is -1.59. The molecule has 0 amide bonds. The van der Waals surface area contributed by atoms with E-state index in [1.165, 1.54) is 22.3 Å². The molecule has 5 nitrogen and oxygen atoms in total. The first kappa shape index (κ1) is 43.0. The van der Waals surface area contributed by atoms with Gasteiger partial charge in [0.05, 0.1) is 16.7 Å². The van der Waals surface area contributed by atoms with Gasteiger partial charge in [-0.2, -0.15) is 18.2 Å². The number of hydrogen-bond donors (Lipinski definition) is 0. The molecule has 0 N–H and O–H groups in total. The molecule has 0 atom stereocenters. The molecule has 0 aliphatic carbocycles. The maximum absolute atomic E-state index is 9.03. The third-order valence-electron chi connectivity index (χ3n) is 11.9. The van der Waals surface area contributed by atoms with Crippen LogP contribution in [-0.2, 0) is 40.3 Å². The van der Waals surface area contributed by atoms with E-state index in [4.69, 9.17) is 12.5 Å². The fourth-order valence-electron chi connectivity index (χ4n) is 9.30. The third-order valence-corrected chi connectivity index (χ3v) is 11.9. The fraction of sp³-hybridized carbons (Fsp3) is 0.213. The van der Waals surface area contributed by atoms with Gasteiger partial charge in [-0.05, 0) is 105 Å². The molecule has 0 bridgehead atoms. The standard InChI is InChI=1S/C61H56N4O.Pt/c1-41(2)32-43-16-12-18-46(34-43)51-23-15-24-52(47-19-13-17-44(35-47)33-42(3)4)60(51)64-40-63(56-26-10-11-27-57(56)64)48-20-14-21-49(37-48)66-50-28-29-54-53-22-8-9-25-55(53)65(58(54)38-50)59-36-45(30-31-62-59)39-61(5,6)7;/h8-31,34-36,41-42H,32-33,39H2,1-7H3;/q-2;/i39D2;. The number of hydrogen-bond acceptors (Lipinski definition) is 2. The summed E-state index contributed by atoms with van der Waals surface area (Å²) in [6, 6.07) is 62.0. The normalized spacial score (nSPS) is 12.5. The minimum Gasteiger partial charge on any atom is -0.510 e.